The molecule has 0 atom stereocenters. The van der Waals surface area contributed by atoms with E-state index in [-0.39, 0.29) is 23.1 Å². The van der Waals surface area contributed by atoms with Gasteiger partial charge in [-0.2, -0.15) is 0 Å². The molecule has 4 aromatic rings. The molecule has 5 nitrogen and oxygen atoms in total. The maximum absolute atomic E-state index is 12.5. The first-order valence-electron chi connectivity index (χ1n) is 9.55. The molecular formula is C26H18O5. The van der Waals surface area contributed by atoms with E-state index in [0.717, 1.165) is 0 Å². The van der Waals surface area contributed by atoms with E-state index in [1.165, 1.54) is 24.3 Å². The molecular weight excluding hydrogens is 392 g/mol. The Bertz CT molecular complexity index is 1110. The van der Waals surface area contributed by atoms with Crippen molar-refractivity contribution in [2.75, 3.05) is 0 Å². The van der Waals surface area contributed by atoms with Gasteiger partial charge in [0.25, 0.3) is 0 Å². The fraction of sp³-hybridized carbons (Fsp3) is 0. The van der Waals surface area contributed by atoms with Crippen LogP contribution in [0.2, 0.25) is 0 Å². The lowest BCUT2D eigenvalue weighted by Crippen LogP contribution is -2.01. The molecule has 0 unspecified atom stereocenters. The van der Waals surface area contributed by atoms with Gasteiger partial charge in [0.1, 0.15) is 23.0 Å². The largest absolute Gasteiger partial charge is 0.508 e. The summed E-state index contributed by atoms with van der Waals surface area (Å²) in [7, 11) is 0. The first-order valence-corrected chi connectivity index (χ1v) is 9.55. The van der Waals surface area contributed by atoms with Crippen LogP contribution in [-0.2, 0) is 0 Å². The minimum atomic E-state index is -0.149. The molecule has 152 valence electrons. The average Bonchev–Trinajstić information content (AvgIpc) is 2.80. The Labute approximate surface area is 178 Å². The van der Waals surface area contributed by atoms with Crippen molar-refractivity contribution in [3.8, 4) is 23.0 Å². The van der Waals surface area contributed by atoms with E-state index in [1.807, 2.05) is 0 Å². The van der Waals surface area contributed by atoms with Gasteiger partial charge in [-0.3, -0.25) is 9.59 Å². The van der Waals surface area contributed by atoms with Crippen LogP contribution in [0.15, 0.2) is 97.1 Å². The molecule has 0 aliphatic rings. The van der Waals surface area contributed by atoms with Crippen LogP contribution in [0.25, 0.3) is 0 Å². The fourth-order valence-corrected chi connectivity index (χ4v) is 3.04. The van der Waals surface area contributed by atoms with Crippen molar-refractivity contribution in [1.82, 2.24) is 0 Å². The highest BCUT2D eigenvalue weighted by Crippen LogP contribution is 2.24. The van der Waals surface area contributed by atoms with Gasteiger partial charge in [-0.1, -0.05) is 0 Å². The molecule has 31 heavy (non-hydrogen) atoms. The molecule has 5 heteroatoms. The number of carbonyl (C=O) groups is 2. The molecule has 0 aliphatic carbocycles. The van der Waals surface area contributed by atoms with Crippen LogP contribution >= 0.6 is 0 Å². The Morgan fingerprint density at radius 3 is 1.00 bits per heavy atom. The van der Waals surface area contributed by atoms with Gasteiger partial charge >= 0.3 is 0 Å². The smallest absolute Gasteiger partial charge is 0.193 e. The highest BCUT2D eigenvalue weighted by atomic mass is 16.5. The number of hydrogen-bond donors (Lipinski definition) is 2. The van der Waals surface area contributed by atoms with Gasteiger partial charge in [-0.15, -0.1) is 0 Å². The summed E-state index contributed by atoms with van der Waals surface area (Å²) >= 11 is 0. The molecule has 0 saturated heterocycles. The molecule has 0 aliphatic heterocycles. The molecule has 0 aromatic heterocycles. The lowest BCUT2D eigenvalue weighted by Gasteiger charge is -2.08. The van der Waals surface area contributed by atoms with Gasteiger partial charge in [-0.05, 0) is 97.1 Å². The molecule has 0 heterocycles. The first-order chi connectivity index (χ1) is 15.0. The van der Waals surface area contributed by atoms with E-state index in [9.17, 15) is 19.8 Å². The van der Waals surface area contributed by atoms with E-state index >= 15 is 0 Å². The topological polar surface area (TPSA) is 83.8 Å². The molecule has 0 spiro atoms. The summed E-state index contributed by atoms with van der Waals surface area (Å²) in [6.07, 6.45) is 0. The second-order valence-electron chi connectivity index (χ2n) is 6.90. The normalized spacial score (nSPS) is 10.5. The van der Waals surface area contributed by atoms with E-state index in [1.54, 1.807) is 72.8 Å². The molecule has 0 radical (unpaired) electrons. The van der Waals surface area contributed by atoms with Crippen molar-refractivity contribution in [3.63, 3.8) is 0 Å². The minimum absolute atomic E-state index is 0.107. The monoisotopic (exact) mass is 410 g/mol. The van der Waals surface area contributed by atoms with E-state index in [4.69, 9.17) is 4.74 Å². The van der Waals surface area contributed by atoms with Crippen LogP contribution in [-0.4, -0.2) is 21.8 Å². The quantitative estimate of drug-likeness (QED) is 0.419. The lowest BCUT2D eigenvalue weighted by molar-refractivity contribution is 0.103. The van der Waals surface area contributed by atoms with Crippen molar-refractivity contribution >= 4 is 11.6 Å². The summed E-state index contributed by atoms with van der Waals surface area (Å²) in [6.45, 7) is 0. The number of aromatic hydroxyl groups is 2. The molecule has 0 fully saturated rings. The van der Waals surface area contributed by atoms with Crippen molar-refractivity contribution in [1.29, 1.82) is 0 Å². The Balaban J connectivity index is 1.43. The highest BCUT2D eigenvalue weighted by molar-refractivity contribution is 6.09. The highest BCUT2D eigenvalue weighted by Gasteiger charge is 2.11. The van der Waals surface area contributed by atoms with Crippen molar-refractivity contribution in [2.45, 2.75) is 0 Å². The number of phenolic OH excluding ortho intramolecular Hbond substituents is 2. The second kappa shape index (κ2) is 8.55. The van der Waals surface area contributed by atoms with Crippen molar-refractivity contribution in [3.05, 3.63) is 119 Å². The molecule has 0 saturated carbocycles. The lowest BCUT2D eigenvalue weighted by atomic mass is 10.0. The van der Waals surface area contributed by atoms with Gasteiger partial charge in [0.15, 0.2) is 11.6 Å². The van der Waals surface area contributed by atoms with Gasteiger partial charge in [0, 0.05) is 22.3 Å². The molecule has 2 N–H and O–H groups in total. The zero-order valence-electron chi connectivity index (χ0n) is 16.4. The van der Waals surface area contributed by atoms with Gasteiger partial charge in [-0.25, -0.2) is 0 Å². The van der Waals surface area contributed by atoms with Crippen LogP contribution in [0.1, 0.15) is 31.8 Å². The summed E-state index contributed by atoms with van der Waals surface area (Å²) in [5.74, 6) is 1.03. The third kappa shape index (κ3) is 4.62. The van der Waals surface area contributed by atoms with Crippen molar-refractivity contribution in [2.24, 2.45) is 0 Å². The zero-order chi connectivity index (χ0) is 21.8. The fourth-order valence-electron chi connectivity index (χ4n) is 3.04. The van der Waals surface area contributed by atoms with Crippen LogP contribution in [0, 0.1) is 0 Å². The number of ketones is 2. The zero-order valence-corrected chi connectivity index (χ0v) is 16.4. The van der Waals surface area contributed by atoms with Crippen LogP contribution in [0.5, 0.6) is 23.0 Å². The second-order valence-corrected chi connectivity index (χ2v) is 6.90. The van der Waals surface area contributed by atoms with Crippen LogP contribution in [0.3, 0.4) is 0 Å². The molecule has 0 bridgehead atoms. The maximum Gasteiger partial charge on any atom is 0.193 e. The number of hydrogen-bond acceptors (Lipinski definition) is 5. The number of carbonyl (C=O) groups excluding carboxylic acids is 2. The third-order valence-electron chi connectivity index (χ3n) is 4.73. The van der Waals surface area contributed by atoms with Gasteiger partial charge < -0.3 is 14.9 Å². The number of ether oxygens (including phenoxy) is 1. The minimum Gasteiger partial charge on any atom is -0.508 e. The average molecular weight is 410 g/mol. The predicted molar refractivity (Wildman–Crippen MR) is 116 cm³/mol. The Kier molecular flexibility index (Phi) is 5.49. The molecule has 0 amide bonds. The summed E-state index contributed by atoms with van der Waals surface area (Å²) in [5.41, 5.74) is 1.99. The number of phenols is 2. The Morgan fingerprint density at radius 2 is 0.710 bits per heavy atom. The summed E-state index contributed by atoms with van der Waals surface area (Å²) in [5, 5.41) is 18.7. The standard InChI is InChI=1S/C26H18O5/c27-21-9-1-17(2-10-21)25(29)19-5-13-23(14-6-19)31-24-15-7-20(8-16-24)26(30)18-3-11-22(28)12-4-18/h1-16,27-28H. The summed E-state index contributed by atoms with van der Waals surface area (Å²) < 4.78 is 5.80. The van der Waals surface area contributed by atoms with E-state index < -0.39 is 0 Å². The predicted octanol–water partition coefficient (Wildman–Crippen LogP) is 5.35. The first kappa shape index (κ1) is 19.9. The Hall–Kier alpha value is -4.38. The van der Waals surface area contributed by atoms with Crippen LogP contribution < -0.4 is 4.74 Å². The van der Waals surface area contributed by atoms with E-state index in [2.05, 4.69) is 0 Å². The third-order valence-corrected chi connectivity index (χ3v) is 4.73. The summed E-state index contributed by atoms with van der Waals surface area (Å²) in [6, 6.07) is 25.7. The van der Waals surface area contributed by atoms with Gasteiger partial charge in [0.05, 0.1) is 0 Å². The van der Waals surface area contributed by atoms with Gasteiger partial charge in [0.2, 0.25) is 0 Å². The van der Waals surface area contributed by atoms with E-state index in [0.29, 0.717) is 33.8 Å². The van der Waals surface area contributed by atoms with Crippen LogP contribution in [0.4, 0.5) is 0 Å². The molecule has 4 rings (SSSR count). The maximum atomic E-state index is 12.5. The number of benzene rings is 4. The number of rotatable bonds is 6. The molecule has 4 aromatic carbocycles. The Morgan fingerprint density at radius 1 is 0.452 bits per heavy atom. The summed E-state index contributed by atoms with van der Waals surface area (Å²) in [4.78, 5) is 25.0. The SMILES string of the molecule is O=C(c1ccc(O)cc1)c1ccc(Oc2ccc(C(=O)c3ccc(O)cc3)cc2)cc1. The van der Waals surface area contributed by atoms with Crippen molar-refractivity contribution < 1.29 is 24.5 Å².